The van der Waals surface area contributed by atoms with Gasteiger partial charge in [-0.05, 0) is 43.5 Å². The molecule has 0 heterocycles. The quantitative estimate of drug-likeness (QED) is 0.449. The molecule has 5 nitrogen and oxygen atoms in total. The van der Waals surface area contributed by atoms with Gasteiger partial charge in [-0.15, -0.1) is 0 Å². The number of nitrogen functional groups attached to an aromatic ring is 1. The fraction of sp³-hybridized carbons (Fsp3) is 0.600. The van der Waals surface area contributed by atoms with Crippen LogP contribution in [-0.4, -0.2) is 33.8 Å². The number of hydrogen-bond acceptors (Lipinski definition) is 4. The maximum Gasteiger partial charge on any atom is 0.211 e. The lowest BCUT2D eigenvalue weighted by Crippen LogP contribution is -2.33. The van der Waals surface area contributed by atoms with Crippen molar-refractivity contribution in [2.75, 3.05) is 31.1 Å². The Morgan fingerprint density at radius 3 is 2.52 bits per heavy atom. The number of anilines is 1. The molecule has 4 N–H and O–H groups in total. The molecule has 6 heteroatoms. The van der Waals surface area contributed by atoms with E-state index in [0.29, 0.717) is 13.1 Å². The molecule has 0 bridgehead atoms. The number of nitrogens with two attached hydrogens (primary N) is 1. The first kappa shape index (κ1) is 17.9. The third kappa shape index (κ3) is 6.93. The fourth-order valence-corrected chi connectivity index (χ4v) is 2.67. The van der Waals surface area contributed by atoms with Crippen LogP contribution in [0.3, 0.4) is 0 Å². The summed E-state index contributed by atoms with van der Waals surface area (Å²) in [5.74, 6) is 0.124. The van der Waals surface area contributed by atoms with Gasteiger partial charge < -0.3 is 11.1 Å². The van der Waals surface area contributed by atoms with Crippen molar-refractivity contribution in [1.82, 2.24) is 10.0 Å². The van der Waals surface area contributed by atoms with E-state index in [2.05, 4.69) is 29.1 Å². The largest absolute Gasteiger partial charge is 0.399 e. The van der Waals surface area contributed by atoms with E-state index in [1.807, 2.05) is 6.07 Å². The molecule has 0 atom stereocenters. The molecular weight excluding hydrogens is 286 g/mol. The van der Waals surface area contributed by atoms with Crippen LogP contribution in [0.5, 0.6) is 0 Å². The van der Waals surface area contributed by atoms with Gasteiger partial charge in [0.05, 0.1) is 5.75 Å². The van der Waals surface area contributed by atoms with Gasteiger partial charge >= 0.3 is 0 Å². The lowest BCUT2D eigenvalue weighted by molar-refractivity contribution is 0.577. The average Bonchev–Trinajstić information content (AvgIpc) is 2.46. The lowest BCUT2D eigenvalue weighted by atomic mass is 10.0. The Bertz CT molecular complexity index is 530. The average molecular weight is 313 g/mol. The van der Waals surface area contributed by atoms with Gasteiger partial charge in [-0.25, -0.2) is 13.1 Å². The molecule has 0 aliphatic carbocycles. The Labute approximate surface area is 128 Å². The van der Waals surface area contributed by atoms with Crippen LogP contribution in [0.2, 0.25) is 0 Å². The van der Waals surface area contributed by atoms with Crippen molar-refractivity contribution < 1.29 is 8.42 Å². The first-order valence-corrected chi connectivity index (χ1v) is 9.19. The third-order valence-corrected chi connectivity index (χ3v) is 4.72. The van der Waals surface area contributed by atoms with Crippen LogP contribution >= 0.6 is 0 Å². The maximum atomic E-state index is 11.2. The molecule has 0 amide bonds. The second kappa shape index (κ2) is 9.02. The lowest BCUT2D eigenvalue weighted by Gasteiger charge is -2.09. The smallest absolute Gasteiger partial charge is 0.211 e. The summed E-state index contributed by atoms with van der Waals surface area (Å²) in [6.45, 7) is 5.66. The fourth-order valence-electron chi connectivity index (χ4n) is 2.06. The molecular formula is C15H27N3O2S. The van der Waals surface area contributed by atoms with E-state index in [4.69, 9.17) is 5.73 Å². The number of nitrogens with one attached hydrogen (secondary N) is 2. The summed E-state index contributed by atoms with van der Waals surface area (Å²) in [4.78, 5) is 0. The molecule has 0 fully saturated rings. The third-order valence-electron chi connectivity index (χ3n) is 3.32. The minimum absolute atomic E-state index is 0.124. The monoisotopic (exact) mass is 313 g/mol. The number of benzene rings is 1. The zero-order valence-corrected chi connectivity index (χ0v) is 13.8. The normalized spacial score (nSPS) is 11.7. The van der Waals surface area contributed by atoms with Crippen LogP contribution in [0.1, 0.15) is 31.4 Å². The van der Waals surface area contributed by atoms with E-state index in [9.17, 15) is 8.42 Å². The molecule has 0 aliphatic rings. The topological polar surface area (TPSA) is 84.2 Å². The molecule has 1 rings (SSSR count). The van der Waals surface area contributed by atoms with Crippen LogP contribution in [-0.2, 0) is 22.9 Å². The summed E-state index contributed by atoms with van der Waals surface area (Å²) in [6.07, 6.45) is 3.01. The molecule has 0 aliphatic heterocycles. The van der Waals surface area contributed by atoms with E-state index in [0.717, 1.165) is 31.5 Å². The van der Waals surface area contributed by atoms with Gasteiger partial charge in [-0.1, -0.05) is 25.5 Å². The van der Waals surface area contributed by atoms with E-state index < -0.39 is 10.0 Å². The van der Waals surface area contributed by atoms with Crippen LogP contribution in [0.4, 0.5) is 5.69 Å². The molecule has 1 aromatic rings. The van der Waals surface area contributed by atoms with E-state index in [1.165, 1.54) is 11.1 Å². The molecule has 0 radical (unpaired) electrons. The molecule has 0 saturated carbocycles. The van der Waals surface area contributed by atoms with Crippen LogP contribution < -0.4 is 15.8 Å². The van der Waals surface area contributed by atoms with Crippen LogP contribution in [0.25, 0.3) is 0 Å². The zero-order valence-electron chi connectivity index (χ0n) is 13.0. The summed E-state index contributed by atoms with van der Waals surface area (Å²) >= 11 is 0. The number of sulfonamides is 1. The second-order valence-corrected chi connectivity index (χ2v) is 7.18. The van der Waals surface area contributed by atoms with Gasteiger partial charge in [-0.2, -0.15) is 0 Å². The van der Waals surface area contributed by atoms with Crippen molar-refractivity contribution in [1.29, 1.82) is 0 Å². The molecule has 0 unspecified atom stereocenters. The van der Waals surface area contributed by atoms with Gasteiger partial charge in [0, 0.05) is 18.8 Å². The Balaban J connectivity index is 2.28. The molecule has 0 spiro atoms. The van der Waals surface area contributed by atoms with Gasteiger partial charge in [-0.3, -0.25) is 0 Å². The summed E-state index contributed by atoms with van der Waals surface area (Å²) in [5.41, 5.74) is 9.28. The minimum Gasteiger partial charge on any atom is -0.399 e. The van der Waals surface area contributed by atoms with Crippen molar-refractivity contribution in [3.63, 3.8) is 0 Å². The highest BCUT2D eigenvalue weighted by Gasteiger charge is 2.04. The molecule has 1 aromatic carbocycles. The summed E-state index contributed by atoms with van der Waals surface area (Å²) in [5, 5.41) is 3.24. The number of rotatable bonds is 10. The Hall–Kier alpha value is -1.11. The zero-order chi connectivity index (χ0) is 15.7. The SMILES string of the molecule is CCCc1cc(CCNCCNS(=O)(=O)CC)ccc1N. The van der Waals surface area contributed by atoms with Crippen molar-refractivity contribution in [2.24, 2.45) is 0 Å². The molecule has 120 valence electrons. The van der Waals surface area contributed by atoms with E-state index in [1.54, 1.807) is 6.92 Å². The Kier molecular flexibility index (Phi) is 7.71. The van der Waals surface area contributed by atoms with Crippen molar-refractivity contribution in [3.05, 3.63) is 29.3 Å². The number of aryl methyl sites for hydroxylation is 1. The van der Waals surface area contributed by atoms with Gasteiger partial charge in [0.1, 0.15) is 0 Å². The summed E-state index contributed by atoms with van der Waals surface area (Å²) < 4.78 is 25.0. The predicted octanol–water partition coefficient (Wildman–Crippen LogP) is 1.29. The standard InChI is InChI=1S/C15H27N3O2S/c1-3-5-14-12-13(6-7-15(14)16)8-9-17-10-11-18-21(19,20)4-2/h6-7,12,17-18H,3-5,8-11,16H2,1-2H3. The molecule has 21 heavy (non-hydrogen) atoms. The number of hydrogen-bond donors (Lipinski definition) is 3. The highest BCUT2D eigenvalue weighted by molar-refractivity contribution is 7.89. The van der Waals surface area contributed by atoms with E-state index in [-0.39, 0.29) is 5.75 Å². The van der Waals surface area contributed by atoms with Crippen molar-refractivity contribution in [3.8, 4) is 0 Å². The Morgan fingerprint density at radius 2 is 1.86 bits per heavy atom. The Morgan fingerprint density at radius 1 is 1.10 bits per heavy atom. The second-order valence-electron chi connectivity index (χ2n) is 5.08. The van der Waals surface area contributed by atoms with Gasteiger partial charge in [0.15, 0.2) is 0 Å². The minimum atomic E-state index is -3.08. The highest BCUT2D eigenvalue weighted by atomic mass is 32.2. The van der Waals surface area contributed by atoms with Gasteiger partial charge in [0.25, 0.3) is 0 Å². The summed E-state index contributed by atoms with van der Waals surface area (Å²) in [6, 6.07) is 6.19. The molecule has 0 aromatic heterocycles. The van der Waals surface area contributed by atoms with Crippen molar-refractivity contribution in [2.45, 2.75) is 33.1 Å². The maximum absolute atomic E-state index is 11.2. The highest BCUT2D eigenvalue weighted by Crippen LogP contribution is 2.16. The van der Waals surface area contributed by atoms with Crippen molar-refractivity contribution >= 4 is 15.7 Å². The molecule has 0 saturated heterocycles. The predicted molar refractivity (Wildman–Crippen MR) is 88.9 cm³/mol. The van der Waals surface area contributed by atoms with E-state index >= 15 is 0 Å². The first-order valence-electron chi connectivity index (χ1n) is 7.53. The summed E-state index contributed by atoms with van der Waals surface area (Å²) in [7, 11) is -3.08. The first-order chi connectivity index (χ1) is 9.98. The van der Waals surface area contributed by atoms with Gasteiger partial charge in [0.2, 0.25) is 10.0 Å². The van der Waals surface area contributed by atoms with Crippen LogP contribution in [0.15, 0.2) is 18.2 Å². The van der Waals surface area contributed by atoms with Crippen LogP contribution in [0, 0.1) is 0 Å².